The fraction of sp³-hybridized carbons (Fsp3) is 1.00. The molecule has 1 heterocycles. The van der Waals surface area contributed by atoms with Crippen LogP contribution in [0.1, 0.15) is 58.8 Å². The van der Waals surface area contributed by atoms with Crippen LogP contribution in [0.25, 0.3) is 0 Å². The number of hydrogen-bond acceptors (Lipinski definition) is 1. The van der Waals surface area contributed by atoms with Crippen molar-refractivity contribution in [2.24, 2.45) is 17.3 Å². The van der Waals surface area contributed by atoms with Crippen molar-refractivity contribution in [2.45, 2.75) is 58.8 Å². The predicted molar refractivity (Wildman–Crippen MR) is 63.9 cm³/mol. The minimum absolute atomic E-state index is 0.579. The van der Waals surface area contributed by atoms with E-state index in [1.165, 1.54) is 44.9 Å². The van der Waals surface area contributed by atoms with Gasteiger partial charge in [0.2, 0.25) is 0 Å². The zero-order valence-electron chi connectivity index (χ0n) is 10.4. The molecule has 2 unspecified atom stereocenters. The third-order valence-corrected chi connectivity index (χ3v) is 4.85. The molecule has 0 spiro atoms. The fourth-order valence-corrected chi connectivity index (χ4v) is 3.50. The average molecular weight is 210 g/mol. The third-order valence-electron chi connectivity index (χ3n) is 4.85. The van der Waals surface area contributed by atoms with Crippen LogP contribution in [0.5, 0.6) is 0 Å². The van der Waals surface area contributed by atoms with E-state index < -0.39 is 0 Å². The maximum atomic E-state index is 5.44. The van der Waals surface area contributed by atoms with Crippen LogP contribution < -0.4 is 0 Å². The van der Waals surface area contributed by atoms with Crippen molar-refractivity contribution in [1.29, 1.82) is 0 Å². The van der Waals surface area contributed by atoms with Crippen LogP contribution in [-0.4, -0.2) is 13.2 Å². The summed E-state index contributed by atoms with van der Waals surface area (Å²) >= 11 is 0. The number of rotatable bonds is 4. The van der Waals surface area contributed by atoms with Crippen LogP contribution in [0, 0.1) is 17.3 Å². The summed E-state index contributed by atoms with van der Waals surface area (Å²) in [5.41, 5.74) is 0.579. The van der Waals surface area contributed by atoms with Crippen LogP contribution in [0.2, 0.25) is 0 Å². The third kappa shape index (κ3) is 2.38. The highest BCUT2D eigenvalue weighted by Gasteiger charge is 2.40. The van der Waals surface area contributed by atoms with Crippen molar-refractivity contribution in [2.75, 3.05) is 13.2 Å². The second-order valence-electron chi connectivity index (χ2n) is 5.76. The largest absolute Gasteiger partial charge is 0.380 e. The van der Waals surface area contributed by atoms with Crippen LogP contribution >= 0.6 is 0 Å². The average Bonchev–Trinajstić information content (AvgIpc) is 2.24. The highest BCUT2D eigenvalue weighted by atomic mass is 16.5. The van der Waals surface area contributed by atoms with Gasteiger partial charge in [-0.15, -0.1) is 0 Å². The van der Waals surface area contributed by atoms with E-state index in [1.54, 1.807) is 0 Å². The van der Waals surface area contributed by atoms with E-state index >= 15 is 0 Å². The summed E-state index contributed by atoms with van der Waals surface area (Å²) < 4.78 is 5.44. The SMILES string of the molecule is CCC1CCCCC1CC1(CC)COC1. The smallest absolute Gasteiger partial charge is 0.0544 e. The van der Waals surface area contributed by atoms with Crippen molar-refractivity contribution in [3.05, 3.63) is 0 Å². The van der Waals surface area contributed by atoms with Crippen molar-refractivity contribution in [3.63, 3.8) is 0 Å². The van der Waals surface area contributed by atoms with Gasteiger partial charge >= 0.3 is 0 Å². The van der Waals surface area contributed by atoms with Gasteiger partial charge in [-0.2, -0.15) is 0 Å². The Kier molecular flexibility index (Phi) is 3.71. The maximum Gasteiger partial charge on any atom is 0.0544 e. The highest BCUT2D eigenvalue weighted by Crippen LogP contribution is 2.44. The second kappa shape index (κ2) is 4.86. The summed E-state index contributed by atoms with van der Waals surface area (Å²) in [6.45, 7) is 6.79. The Morgan fingerprint density at radius 2 is 1.73 bits per heavy atom. The summed E-state index contributed by atoms with van der Waals surface area (Å²) in [5, 5.41) is 0. The molecular weight excluding hydrogens is 184 g/mol. The van der Waals surface area contributed by atoms with Gasteiger partial charge in [0.15, 0.2) is 0 Å². The Labute approximate surface area is 94.6 Å². The highest BCUT2D eigenvalue weighted by molar-refractivity contribution is 4.89. The van der Waals surface area contributed by atoms with Gasteiger partial charge in [0.25, 0.3) is 0 Å². The standard InChI is InChI=1S/C14H26O/c1-3-12-7-5-6-8-13(12)9-14(4-2)10-15-11-14/h12-13H,3-11H2,1-2H3. The number of hydrogen-bond donors (Lipinski definition) is 0. The minimum Gasteiger partial charge on any atom is -0.380 e. The molecule has 0 radical (unpaired) electrons. The molecular formula is C14H26O. The Morgan fingerprint density at radius 1 is 1.07 bits per heavy atom. The van der Waals surface area contributed by atoms with Gasteiger partial charge in [-0.1, -0.05) is 46.0 Å². The Balaban J connectivity index is 1.90. The molecule has 15 heavy (non-hydrogen) atoms. The first-order chi connectivity index (χ1) is 7.29. The number of ether oxygens (including phenoxy) is 1. The first kappa shape index (κ1) is 11.4. The topological polar surface area (TPSA) is 9.23 Å². The molecule has 1 nitrogen and oxygen atoms in total. The van der Waals surface area contributed by atoms with E-state index in [9.17, 15) is 0 Å². The summed E-state index contributed by atoms with van der Waals surface area (Å²) in [6, 6.07) is 0. The molecule has 88 valence electrons. The maximum absolute atomic E-state index is 5.44. The lowest BCUT2D eigenvalue weighted by molar-refractivity contribution is -0.131. The summed E-state index contributed by atoms with van der Waals surface area (Å²) in [5.74, 6) is 2.02. The quantitative estimate of drug-likeness (QED) is 0.681. The monoisotopic (exact) mass is 210 g/mol. The van der Waals surface area contributed by atoms with Crippen molar-refractivity contribution >= 4 is 0 Å². The van der Waals surface area contributed by atoms with E-state index in [-0.39, 0.29) is 0 Å². The lowest BCUT2D eigenvalue weighted by Gasteiger charge is -2.45. The first-order valence-corrected chi connectivity index (χ1v) is 6.87. The molecule has 1 heteroatoms. The van der Waals surface area contributed by atoms with E-state index in [2.05, 4.69) is 13.8 Å². The van der Waals surface area contributed by atoms with E-state index in [1.807, 2.05) is 0 Å². The Morgan fingerprint density at radius 3 is 2.20 bits per heavy atom. The molecule has 0 bridgehead atoms. The van der Waals surface area contributed by atoms with Gasteiger partial charge in [-0.3, -0.25) is 0 Å². The van der Waals surface area contributed by atoms with Gasteiger partial charge in [-0.25, -0.2) is 0 Å². The Hall–Kier alpha value is -0.0400. The summed E-state index contributed by atoms with van der Waals surface area (Å²) in [6.07, 6.45) is 10.1. The zero-order valence-corrected chi connectivity index (χ0v) is 10.4. The van der Waals surface area contributed by atoms with E-state index in [4.69, 9.17) is 4.74 Å². The van der Waals surface area contributed by atoms with E-state index in [0.29, 0.717) is 5.41 Å². The molecule has 0 aromatic carbocycles. The van der Waals surface area contributed by atoms with Gasteiger partial charge in [0.05, 0.1) is 13.2 Å². The molecule has 2 atom stereocenters. The van der Waals surface area contributed by atoms with Crippen LogP contribution in [0.15, 0.2) is 0 Å². The first-order valence-electron chi connectivity index (χ1n) is 6.87. The molecule has 1 aliphatic carbocycles. The molecule has 1 saturated heterocycles. The van der Waals surface area contributed by atoms with Gasteiger partial charge in [-0.05, 0) is 24.7 Å². The molecule has 1 saturated carbocycles. The molecule has 0 N–H and O–H groups in total. The van der Waals surface area contributed by atoms with Crippen molar-refractivity contribution in [1.82, 2.24) is 0 Å². The van der Waals surface area contributed by atoms with E-state index in [0.717, 1.165) is 25.0 Å². The van der Waals surface area contributed by atoms with Gasteiger partial charge in [0.1, 0.15) is 0 Å². The van der Waals surface area contributed by atoms with Crippen LogP contribution in [-0.2, 0) is 4.74 Å². The molecule has 0 aromatic rings. The van der Waals surface area contributed by atoms with Crippen LogP contribution in [0.3, 0.4) is 0 Å². The van der Waals surface area contributed by atoms with Gasteiger partial charge in [0, 0.05) is 5.41 Å². The summed E-state index contributed by atoms with van der Waals surface area (Å²) in [7, 11) is 0. The van der Waals surface area contributed by atoms with Crippen molar-refractivity contribution in [3.8, 4) is 0 Å². The fourth-order valence-electron chi connectivity index (χ4n) is 3.50. The lowest BCUT2D eigenvalue weighted by Crippen LogP contribution is -2.44. The molecule has 0 aromatic heterocycles. The molecule has 2 fully saturated rings. The predicted octanol–water partition coefficient (Wildman–Crippen LogP) is 4.02. The van der Waals surface area contributed by atoms with Crippen molar-refractivity contribution < 1.29 is 4.74 Å². The second-order valence-corrected chi connectivity index (χ2v) is 5.76. The van der Waals surface area contributed by atoms with Gasteiger partial charge < -0.3 is 4.74 Å². The summed E-state index contributed by atoms with van der Waals surface area (Å²) in [4.78, 5) is 0. The minimum atomic E-state index is 0.579. The molecule has 0 amide bonds. The zero-order chi connectivity index (χ0) is 10.7. The molecule has 2 aliphatic rings. The normalized spacial score (nSPS) is 34.8. The van der Waals surface area contributed by atoms with Crippen LogP contribution in [0.4, 0.5) is 0 Å². The Bertz CT molecular complexity index is 190. The lowest BCUT2D eigenvalue weighted by atomic mass is 9.67. The molecule has 2 rings (SSSR count). The molecule has 1 aliphatic heterocycles.